The molecule has 0 radical (unpaired) electrons. The second kappa shape index (κ2) is 7.14. The van der Waals surface area contributed by atoms with E-state index >= 15 is 0 Å². The molecule has 0 aromatic heterocycles. The highest BCUT2D eigenvalue weighted by molar-refractivity contribution is 7.98. The van der Waals surface area contributed by atoms with E-state index in [-0.39, 0.29) is 5.54 Å². The molecule has 0 bridgehead atoms. The quantitative estimate of drug-likeness (QED) is 0.662. The van der Waals surface area contributed by atoms with E-state index in [1.165, 1.54) is 0 Å². The lowest BCUT2D eigenvalue weighted by molar-refractivity contribution is 0.341. The summed E-state index contributed by atoms with van der Waals surface area (Å²) >= 11 is 1.84. The topological polar surface area (TPSA) is 35.8 Å². The van der Waals surface area contributed by atoms with Gasteiger partial charge in [-0.25, -0.2) is 0 Å². The van der Waals surface area contributed by atoms with E-state index in [9.17, 15) is 5.26 Å². The van der Waals surface area contributed by atoms with Crippen LogP contribution in [0.4, 0.5) is 0 Å². The molecule has 0 saturated carbocycles. The highest BCUT2D eigenvalue weighted by Crippen LogP contribution is 2.18. The first-order valence-corrected chi connectivity index (χ1v) is 6.67. The van der Waals surface area contributed by atoms with Crippen molar-refractivity contribution in [2.24, 2.45) is 0 Å². The van der Waals surface area contributed by atoms with E-state index in [1.807, 2.05) is 11.8 Å². The second-order valence-corrected chi connectivity index (χ2v) is 4.93. The molecule has 0 aromatic carbocycles. The van der Waals surface area contributed by atoms with E-state index in [2.05, 4.69) is 38.4 Å². The summed E-state index contributed by atoms with van der Waals surface area (Å²) in [4.78, 5) is 0. The molecule has 1 unspecified atom stereocenters. The van der Waals surface area contributed by atoms with Gasteiger partial charge in [-0.3, -0.25) is 5.32 Å². The maximum Gasteiger partial charge on any atom is 0.106 e. The number of nitrogens with one attached hydrogen (secondary N) is 1. The van der Waals surface area contributed by atoms with Crippen LogP contribution in [0.5, 0.6) is 0 Å². The van der Waals surface area contributed by atoms with Crippen molar-refractivity contribution < 1.29 is 0 Å². The second-order valence-electron chi connectivity index (χ2n) is 3.94. The maximum atomic E-state index is 9.21. The minimum atomic E-state index is -0.302. The summed E-state index contributed by atoms with van der Waals surface area (Å²) in [6.07, 6.45) is 5.06. The third-order valence-electron chi connectivity index (χ3n) is 2.33. The molecule has 0 aliphatic carbocycles. The van der Waals surface area contributed by atoms with Crippen LogP contribution in [0.25, 0.3) is 0 Å². The number of thioether (sulfide) groups is 1. The Morgan fingerprint density at radius 3 is 2.50 bits per heavy atom. The summed E-state index contributed by atoms with van der Waals surface area (Å²) in [6, 6.07) is 2.81. The molecule has 14 heavy (non-hydrogen) atoms. The van der Waals surface area contributed by atoms with E-state index < -0.39 is 0 Å². The van der Waals surface area contributed by atoms with Gasteiger partial charge in [0.05, 0.1) is 6.07 Å². The number of rotatable bonds is 7. The fraction of sp³-hybridized carbons (Fsp3) is 0.909. The third-order valence-corrected chi connectivity index (χ3v) is 3.03. The van der Waals surface area contributed by atoms with Crippen molar-refractivity contribution in [1.82, 2.24) is 5.32 Å². The Morgan fingerprint density at radius 2 is 2.14 bits per heavy atom. The molecule has 0 aliphatic rings. The lowest BCUT2D eigenvalue weighted by Crippen LogP contribution is -2.47. The van der Waals surface area contributed by atoms with Gasteiger partial charge in [0.15, 0.2) is 0 Å². The van der Waals surface area contributed by atoms with Crippen molar-refractivity contribution >= 4 is 11.8 Å². The molecule has 82 valence electrons. The Kier molecular flexibility index (Phi) is 7.04. The Bertz CT molecular complexity index is 186. The minimum Gasteiger partial charge on any atom is -0.297 e. The SMILES string of the molecule is CCC(C#N)(CCCSC)NC(C)C. The van der Waals surface area contributed by atoms with Gasteiger partial charge in [0.1, 0.15) is 5.54 Å². The van der Waals surface area contributed by atoms with Crippen LogP contribution < -0.4 is 5.32 Å². The average molecular weight is 214 g/mol. The van der Waals surface area contributed by atoms with Crippen LogP contribution in [0.3, 0.4) is 0 Å². The monoisotopic (exact) mass is 214 g/mol. The van der Waals surface area contributed by atoms with Crippen molar-refractivity contribution in [3.05, 3.63) is 0 Å². The zero-order valence-corrected chi connectivity index (χ0v) is 10.6. The van der Waals surface area contributed by atoms with E-state index in [0.29, 0.717) is 6.04 Å². The van der Waals surface area contributed by atoms with Gasteiger partial charge < -0.3 is 0 Å². The Morgan fingerprint density at radius 1 is 1.50 bits per heavy atom. The van der Waals surface area contributed by atoms with Crippen molar-refractivity contribution in [2.75, 3.05) is 12.0 Å². The Labute approximate surface area is 92.5 Å². The summed E-state index contributed by atoms with van der Waals surface area (Å²) < 4.78 is 0. The van der Waals surface area contributed by atoms with E-state index in [1.54, 1.807) is 0 Å². The first-order valence-electron chi connectivity index (χ1n) is 5.28. The number of hydrogen-bond acceptors (Lipinski definition) is 3. The van der Waals surface area contributed by atoms with Gasteiger partial charge in [0.2, 0.25) is 0 Å². The molecule has 0 spiro atoms. The van der Waals surface area contributed by atoms with Gasteiger partial charge in [-0.2, -0.15) is 17.0 Å². The molecular weight excluding hydrogens is 192 g/mol. The van der Waals surface area contributed by atoms with Crippen molar-refractivity contribution in [1.29, 1.82) is 5.26 Å². The number of nitriles is 1. The smallest absolute Gasteiger partial charge is 0.106 e. The third kappa shape index (κ3) is 4.88. The maximum absolute atomic E-state index is 9.21. The predicted octanol–water partition coefficient (Wildman–Crippen LogP) is 2.80. The Hall–Kier alpha value is -0.200. The van der Waals surface area contributed by atoms with E-state index in [4.69, 9.17) is 0 Å². The van der Waals surface area contributed by atoms with Gasteiger partial charge in [0, 0.05) is 6.04 Å². The molecule has 0 aromatic rings. The van der Waals surface area contributed by atoms with Crippen LogP contribution in [-0.4, -0.2) is 23.6 Å². The molecule has 0 fully saturated rings. The molecule has 0 heterocycles. The fourth-order valence-corrected chi connectivity index (χ4v) is 2.02. The summed E-state index contributed by atoms with van der Waals surface area (Å²) in [7, 11) is 0. The molecule has 3 heteroatoms. The van der Waals surface area contributed by atoms with Crippen LogP contribution in [0.15, 0.2) is 0 Å². The van der Waals surface area contributed by atoms with Crippen LogP contribution >= 0.6 is 11.8 Å². The predicted molar refractivity (Wildman–Crippen MR) is 64.5 cm³/mol. The zero-order chi connectivity index (χ0) is 11.0. The lowest BCUT2D eigenvalue weighted by atomic mass is 9.91. The first kappa shape index (κ1) is 13.8. The van der Waals surface area contributed by atoms with Crippen LogP contribution in [-0.2, 0) is 0 Å². The largest absolute Gasteiger partial charge is 0.297 e. The number of hydrogen-bond donors (Lipinski definition) is 1. The lowest BCUT2D eigenvalue weighted by Gasteiger charge is -2.28. The van der Waals surface area contributed by atoms with Gasteiger partial charge >= 0.3 is 0 Å². The van der Waals surface area contributed by atoms with Crippen LogP contribution in [0.1, 0.15) is 40.0 Å². The van der Waals surface area contributed by atoms with Crippen molar-refractivity contribution in [2.45, 2.75) is 51.6 Å². The van der Waals surface area contributed by atoms with Gasteiger partial charge in [-0.1, -0.05) is 6.92 Å². The summed E-state index contributed by atoms with van der Waals surface area (Å²) in [5, 5.41) is 12.6. The first-order chi connectivity index (χ1) is 6.60. The van der Waals surface area contributed by atoms with Gasteiger partial charge in [-0.15, -0.1) is 0 Å². The molecule has 0 rings (SSSR count). The standard InChI is InChI=1S/C11H22N2S/c1-5-11(9-12,13-10(2)3)7-6-8-14-4/h10,13H,5-8H2,1-4H3. The molecule has 0 amide bonds. The molecule has 1 atom stereocenters. The molecule has 1 N–H and O–H groups in total. The molecular formula is C11H22N2S. The average Bonchev–Trinajstić information content (AvgIpc) is 2.16. The minimum absolute atomic E-state index is 0.302. The zero-order valence-electron chi connectivity index (χ0n) is 9.76. The van der Waals surface area contributed by atoms with Crippen LogP contribution in [0.2, 0.25) is 0 Å². The Balaban J connectivity index is 4.17. The van der Waals surface area contributed by atoms with Gasteiger partial charge in [-0.05, 0) is 45.1 Å². The number of nitrogens with zero attached hydrogens (tertiary/aromatic N) is 1. The summed E-state index contributed by atoms with van der Waals surface area (Å²) in [5.74, 6) is 1.14. The molecule has 2 nitrogen and oxygen atoms in total. The molecule has 0 saturated heterocycles. The highest BCUT2D eigenvalue weighted by Gasteiger charge is 2.27. The van der Waals surface area contributed by atoms with Crippen LogP contribution in [0, 0.1) is 11.3 Å². The van der Waals surface area contributed by atoms with Crippen molar-refractivity contribution in [3.63, 3.8) is 0 Å². The van der Waals surface area contributed by atoms with E-state index in [0.717, 1.165) is 25.0 Å². The summed E-state index contributed by atoms with van der Waals surface area (Å²) in [6.45, 7) is 6.27. The highest BCUT2D eigenvalue weighted by atomic mass is 32.2. The summed E-state index contributed by atoms with van der Waals surface area (Å²) in [5.41, 5.74) is -0.302. The normalized spacial score (nSPS) is 15.1. The van der Waals surface area contributed by atoms with Gasteiger partial charge in [0.25, 0.3) is 0 Å². The molecule has 0 aliphatic heterocycles. The van der Waals surface area contributed by atoms with Crippen molar-refractivity contribution in [3.8, 4) is 6.07 Å². The fourth-order valence-electron chi connectivity index (χ4n) is 1.59.